The number of aromatic nitrogens is 2. The number of hydrogen-bond acceptors (Lipinski definition) is 3. The van der Waals surface area contributed by atoms with Gasteiger partial charge >= 0.3 is 0 Å². The van der Waals surface area contributed by atoms with E-state index in [0.29, 0.717) is 18.3 Å². The number of nitrogens with zero attached hydrogens (tertiary/aromatic N) is 4. The van der Waals surface area contributed by atoms with Crippen LogP contribution in [0.4, 0.5) is 5.69 Å². The van der Waals surface area contributed by atoms with Crippen LogP contribution in [0.2, 0.25) is 0 Å². The van der Waals surface area contributed by atoms with Crippen molar-refractivity contribution in [2.24, 2.45) is 5.92 Å². The molecule has 31 heavy (non-hydrogen) atoms. The Kier molecular flexibility index (Phi) is 6.46. The number of halogens is 2. The predicted octanol–water partition coefficient (Wildman–Crippen LogP) is 7.42. The molecular weight excluding hydrogens is 516 g/mol. The van der Waals surface area contributed by atoms with Crippen molar-refractivity contribution in [2.45, 2.75) is 52.9 Å². The predicted molar refractivity (Wildman–Crippen MR) is 135 cm³/mol. The molecule has 1 aromatic carbocycles. The van der Waals surface area contributed by atoms with Gasteiger partial charge in [-0.1, -0.05) is 13.8 Å². The maximum absolute atomic E-state index is 9.04. The molecular formula is C25H28Br2N4. The van der Waals surface area contributed by atoms with Gasteiger partial charge in [0.05, 0.1) is 11.8 Å². The van der Waals surface area contributed by atoms with Crippen molar-refractivity contribution >= 4 is 48.6 Å². The lowest BCUT2D eigenvalue weighted by Gasteiger charge is -2.33. The maximum atomic E-state index is 9.04. The quantitative estimate of drug-likeness (QED) is 0.344. The van der Waals surface area contributed by atoms with Crippen molar-refractivity contribution in [1.29, 1.82) is 5.26 Å². The zero-order valence-electron chi connectivity index (χ0n) is 18.5. The number of piperidine rings is 1. The second-order valence-electron chi connectivity index (χ2n) is 8.94. The minimum atomic E-state index is 0.459. The summed E-state index contributed by atoms with van der Waals surface area (Å²) in [6.45, 7) is 10.6. The van der Waals surface area contributed by atoms with Gasteiger partial charge < -0.3 is 4.90 Å². The molecule has 0 radical (unpaired) electrons. The number of aryl methyl sites for hydroxylation is 2. The number of hydrogen-bond donors (Lipinski definition) is 0. The summed E-state index contributed by atoms with van der Waals surface area (Å²) in [5, 5.41) is 10.3. The van der Waals surface area contributed by atoms with Gasteiger partial charge in [-0.3, -0.25) is 4.57 Å². The van der Waals surface area contributed by atoms with E-state index in [4.69, 9.17) is 10.2 Å². The van der Waals surface area contributed by atoms with Crippen molar-refractivity contribution in [2.75, 3.05) is 18.0 Å². The number of nitriles is 1. The van der Waals surface area contributed by atoms with E-state index in [1.807, 2.05) is 0 Å². The number of fused-ring (bicyclic) bond motifs is 1. The second-order valence-corrected chi connectivity index (χ2v) is 10.7. The van der Waals surface area contributed by atoms with E-state index in [9.17, 15) is 0 Å². The summed E-state index contributed by atoms with van der Waals surface area (Å²) < 4.78 is 4.33. The third-order valence-corrected chi connectivity index (χ3v) is 7.54. The first-order chi connectivity index (χ1) is 14.8. The molecule has 2 aromatic heterocycles. The molecule has 0 spiro atoms. The van der Waals surface area contributed by atoms with Gasteiger partial charge in [-0.2, -0.15) is 5.26 Å². The third-order valence-electron chi connectivity index (χ3n) is 6.33. The van der Waals surface area contributed by atoms with E-state index in [0.717, 1.165) is 51.9 Å². The summed E-state index contributed by atoms with van der Waals surface area (Å²) in [4.78, 5) is 7.44. The number of pyridine rings is 1. The number of benzene rings is 1. The molecule has 1 fully saturated rings. The first kappa shape index (κ1) is 22.4. The maximum Gasteiger partial charge on any atom is 0.147 e. The van der Waals surface area contributed by atoms with E-state index in [1.165, 1.54) is 22.2 Å². The van der Waals surface area contributed by atoms with Gasteiger partial charge in [-0.25, -0.2) is 4.98 Å². The van der Waals surface area contributed by atoms with Crippen LogP contribution >= 0.6 is 31.9 Å². The Balaban J connectivity index is 1.82. The van der Waals surface area contributed by atoms with Gasteiger partial charge in [0.1, 0.15) is 5.65 Å². The van der Waals surface area contributed by atoms with Crippen LogP contribution < -0.4 is 4.90 Å². The molecule has 6 heteroatoms. The lowest BCUT2D eigenvalue weighted by molar-refractivity contribution is 0.413. The minimum absolute atomic E-state index is 0.459. The van der Waals surface area contributed by atoms with Gasteiger partial charge in [0.25, 0.3) is 0 Å². The highest BCUT2D eigenvalue weighted by atomic mass is 79.9. The molecule has 4 nitrogen and oxygen atoms in total. The largest absolute Gasteiger partial charge is 0.371 e. The molecule has 162 valence electrons. The average Bonchev–Trinajstić information content (AvgIpc) is 3.03. The molecule has 0 N–H and O–H groups in total. The Morgan fingerprint density at radius 2 is 1.77 bits per heavy atom. The molecule has 0 amide bonds. The van der Waals surface area contributed by atoms with Crippen molar-refractivity contribution in [3.05, 3.63) is 50.2 Å². The highest BCUT2D eigenvalue weighted by Crippen LogP contribution is 2.39. The van der Waals surface area contributed by atoms with Gasteiger partial charge in [0, 0.05) is 51.4 Å². The van der Waals surface area contributed by atoms with Crippen molar-refractivity contribution in [3.8, 4) is 11.8 Å². The Morgan fingerprint density at radius 1 is 1.13 bits per heavy atom. The molecule has 1 aliphatic rings. The normalized spacial score (nSPS) is 15.1. The van der Waals surface area contributed by atoms with Gasteiger partial charge in [0.2, 0.25) is 0 Å². The summed E-state index contributed by atoms with van der Waals surface area (Å²) in [5.41, 5.74) is 6.88. The monoisotopic (exact) mass is 542 g/mol. The SMILES string of the molecule is Cc1cc(N2CCC(CC#N)CC2)c2c(C)cn(-c3c(Br)cc(C(C)C)cc3Br)c2n1. The molecule has 0 saturated carbocycles. The van der Waals surface area contributed by atoms with E-state index in [-0.39, 0.29) is 0 Å². The average molecular weight is 544 g/mol. The highest BCUT2D eigenvalue weighted by molar-refractivity contribution is 9.11. The molecule has 0 unspecified atom stereocenters. The van der Waals surface area contributed by atoms with Crippen LogP contribution in [0.3, 0.4) is 0 Å². The van der Waals surface area contributed by atoms with Crippen LogP contribution in [0.5, 0.6) is 0 Å². The molecule has 0 aliphatic carbocycles. The van der Waals surface area contributed by atoms with E-state index < -0.39 is 0 Å². The standard InChI is InChI=1S/C25H28Br2N4/c1-15(2)19-12-20(26)24(21(27)13-19)31-14-16(3)23-22(11-17(4)29-25(23)31)30-9-6-18(5-8-28)7-10-30/h11-15,18H,5-7,9-10H2,1-4H3. The number of anilines is 1. The molecule has 1 saturated heterocycles. The van der Waals surface area contributed by atoms with Crippen LogP contribution in [0.25, 0.3) is 16.7 Å². The first-order valence-corrected chi connectivity index (χ1v) is 12.5. The zero-order chi connectivity index (χ0) is 22.3. The lowest BCUT2D eigenvalue weighted by atomic mass is 9.93. The Hall–Kier alpha value is -1.84. The summed E-state index contributed by atoms with van der Waals surface area (Å²) in [5.74, 6) is 0.984. The molecule has 3 heterocycles. The summed E-state index contributed by atoms with van der Waals surface area (Å²) in [7, 11) is 0. The Morgan fingerprint density at radius 3 is 2.35 bits per heavy atom. The van der Waals surface area contributed by atoms with Gasteiger partial charge in [-0.15, -0.1) is 0 Å². The first-order valence-electron chi connectivity index (χ1n) is 10.9. The second kappa shape index (κ2) is 8.96. The fourth-order valence-electron chi connectivity index (χ4n) is 4.59. The Bertz CT molecular complexity index is 1140. The van der Waals surface area contributed by atoms with Crippen LogP contribution in [-0.2, 0) is 0 Å². The van der Waals surface area contributed by atoms with Crippen LogP contribution in [0, 0.1) is 31.1 Å². The van der Waals surface area contributed by atoms with Crippen molar-refractivity contribution in [3.63, 3.8) is 0 Å². The fourth-order valence-corrected chi connectivity index (χ4v) is 6.19. The minimum Gasteiger partial charge on any atom is -0.371 e. The molecule has 3 aromatic rings. The van der Waals surface area contributed by atoms with Crippen molar-refractivity contribution < 1.29 is 0 Å². The van der Waals surface area contributed by atoms with Crippen LogP contribution in [0.15, 0.2) is 33.3 Å². The topological polar surface area (TPSA) is 44.9 Å². The van der Waals surface area contributed by atoms with Crippen LogP contribution in [0.1, 0.15) is 55.8 Å². The summed E-state index contributed by atoms with van der Waals surface area (Å²) >= 11 is 7.64. The van der Waals surface area contributed by atoms with Gasteiger partial charge in [-0.05, 0) is 99.7 Å². The molecule has 0 bridgehead atoms. The fraction of sp³-hybridized carbons (Fsp3) is 0.440. The summed E-state index contributed by atoms with van der Waals surface area (Å²) in [6.07, 6.45) is 5.01. The van der Waals surface area contributed by atoms with E-state index in [2.05, 4.69) is 99.5 Å². The molecule has 4 rings (SSSR count). The van der Waals surface area contributed by atoms with E-state index in [1.54, 1.807) is 0 Å². The Labute approximate surface area is 201 Å². The van der Waals surface area contributed by atoms with Crippen molar-refractivity contribution in [1.82, 2.24) is 9.55 Å². The van der Waals surface area contributed by atoms with E-state index >= 15 is 0 Å². The third kappa shape index (κ3) is 4.27. The highest BCUT2D eigenvalue weighted by Gasteiger charge is 2.24. The molecule has 0 atom stereocenters. The lowest BCUT2D eigenvalue weighted by Crippen LogP contribution is -2.33. The van der Waals surface area contributed by atoms with Crippen LogP contribution in [-0.4, -0.2) is 22.6 Å². The zero-order valence-corrected chi connectivity index (χ0v) is 21.7. The summed E-state index contributed by atoms with van der Waals surface area (Å²) in [6, 6.07) is 8.98. The number of rotatable bonds is 4. The smallest absolute Gasteiger partial charge is 0.147 e. The molecule has 1 aliphatic heterocycles. The van der Waals surface area contributed by atoms with Gasteiger partial charge in [0.15, 0.2) is 0 Å².